The van der Waals surface area contributed by atoms with Crippen LogP contribution >= 0.6 is 0 Å². The lowest BCUT2D eigenvalue weighted by molar-refractivity contribution is 0.0736. The van der Waals surface area contributed by atoms with Crippen molar-refractivity contribution in [3.63, 3.8) is 0 Å². The minimum atomic E-state index is 0.107. The number of carbonyl (C=O) groups is 1. The highest BCUT2D eigenvalue weighted by atomic mass is 16.5. The lowest BCUT2D eigenvalue weighted by Gasteiger charge is -2.25. The molecule has 1 aliphatic rings. The molecule has 1 saturated heterocycles. The Labute approximate surface area is 143 Å². The number of likely N-dealkylation sites (tertiary alicyclic amines) is 1. The van der Waals surface area contributed by atoms with E-state index in [0.717, 1.165) is 48.2 Å². The largest absolute Gasteiger partial charge is 0.496 e. The third kappa shape index (κ3) is 3.44. The third-order valence-electron chi connectivity index (χ3n) is 4.72. The first-order chi connectivity index (χ1) is 11.7. The Morgan fingerprint density at radius 2 is 1.96 bits per heavy atom. The van der Waals surface area contributed by atoms with E-state index in [-0.39, 0.29) is 11.9 Å². The Morgan fingerprint density at radius 1 is 1.21 bits per heavy atom. The van der Waals surface area contributed by atoms with Crippen LogP contribution < -0.4 is 10.5 Å². The number of rotatable bonds is 5. The summed E-state index contributed by atoms with van der Waals surface area (Å²) in [6, 6.07) is 15.9. The maximum atomic E-state index is 12.9. The molecule has 1 aliphatic heterocycles. The van der Waals surface area contributed by atoms with Gasteiger partial charge in [0.2, 0.25) is 0 Å². The quantitative estimate of drug-likeness (QED) is 0.920. The highest BCUT2D eigenvalue weighted by Crippen LogP contribution is 2.27. The van der Waals surface area contributed by atoms with E-state index in [1.165, 1.54) is 0 Å². The Morgan fingerprint density at radius 3 is 2.67 bits per heavy atom. The number of methoxy groups -OCH3 is 1. The normalized spacial score (nSPS) is 17.1. The Bertz CT molecular complexity index is 697. The van der Waals surface area contributed by atoms with Crippen LogP contribution in [0.4, 0.5) is 0 Å². The van der Waals surface area contributed by atoms with E-state index in [4.69, 9.17) is 10.5 Å². The third-order valence-corrected chi connectivity index (χ3v) is 4.72. The smallest absolute Gasteiger partial charge is 0.254 e. The fourth-order valence-corrected chi connectivity index (χ4v) is 3.39. The predicted octanol–water partition coefficient (Wildman–Crippen LogP) is 3.00. The van der Waals surface area contributed by atoms with Crippen LogP contribution in [-0.4, -0.2) is 30.5 Å². The zero-order valence-electron chi connectivity index (χ0n) is 14.1. The standard InChI is InChI=1S/C20H24N2O2/c1-24-19-7-3-2-5-17(19)13-18-6-4-12-22(18)20(23)16-10-8-15(14-21)9-11-16/h2-3,5,7-11,18H,4,6,12-14,21H2,1H3. The van der Waals surface area contributed by atoms with Gasteiger partial charge in [0, 0.05) is 24.7 Å². The van der Waals surface area contributed by atoms with Crippen LogP contribution in [0.3, 0.4) is 0 Å². The molecule has 0 aliphatic carbocycles. The first-order valence-electron chi connectivity index (χ1n) is 8.45. The summed E-state index contributed by atoms with van der Waals surface area (Å²) in [4.78, 5) is 14.9. The summed E-state index contributed by atoms with van der Waals surface area (Å²) < 4.78 is 5.45. The lowest BCUT2D eigenvalue weighted by Crippen LogP contribution is -2.36. The zero-order chi connectivity index (χ0) is 16.9. The molecular weight excluding hydrogens is 300 g/mol. The zero-order valence-corrected chi connectivity index (χ0v) is 14.1. The van der Waals surface area contributed by atoms with Crippen LogP contribution in [0.25, 0.3) is 0 Å². The van der Waals surface area contributed by atoms with Crippen LogP contribution in [0, 0.1) is 0 Å². The SMILES string of the molecule is COc1ccccc1CC1CCCN1C(=O)c1ccc(CN)cc1. The van der Waals surface area contributed by atoms with Crippen molar-refractivity contribution in [2.24, 2.45) is 5.73 Å². The number of carbonyl (C=O) groups excluding carboxylic acids is 1. The molecule has 3 rings (SSSR count). The number of nitrogens with two attached hydrogens (primary N) is 1. The van der Waals surface area contributed by atoms with Crippen molar-refractivity contribution >= 4 is 5.91 Å². The van der Waals surface area contributed by atoms with Gasteiger partial charge in [-0.15, -0.1) is 0 Å². The summed E-state index contributed by atoms with van der Waals surface area (Å²) in [6.45, 7) is 1.31. The summed E-state index contributed by atoms with van der Waals surface area (Å²) in [5.41, 5.74) is 8.56. The lowest BCUT2D eigenvalue weighted by atomic mass is 10.0. The van der Waals surface area contributed by atoms with Gasteiger partial charge in [-0.3, -0.25) is 4.79 Å². The number of hydrogen-bond donors (Lipinski definition) is 1. The first-order valence-corrected chi connectivity index (χ1v) is 8.45. The van der Waals surface area contributed by atoms with Gasteiger partial charge in [0.15, 0.2) is 0 Å². The molecular formula is C20H24N2O2. The first kappa shape index (κ1) is 16.5. The molecule has 0 saturated carbocycles. The average Bonchev–Trinajstić information content (AvgIpc) is 3.10. The Hall–Kier alpha value is -2.33. The number of ether oxygens (including phenoxy) is 1. The molecule has 4 nitrogen and oxygen atoms in total. The van der Waals surface area contributed by atoms with E-state index in [9.17, 15) is 4.79 Å². The van der Waals surface area contributed by atoms with Gasteiger partial charge in [-0.2, -0.15) is 0 Å². The molecule has 0 spiro atoms. The van der Waals surface area contributed by atoms with Gasteiger partial charge in [-0.25, -0.2) is 0 Å². The Kier molecular flexibility index (Phi) is 5.16. The van der Waals surface area contributed by atoms with Crippen molar-refractivity contribution < 1.29 is 9.53 Å². The maximum Gasteiger partial charge on any atom is 0.254 e. The van der Waals surface area contributed by atoms with E-state index < -0.39 is 0 Å². The van der Waals surface area contributed by atoms with Gasteiger partial charge in [-0.1, -0.05) is 30.3 Å². The molecule has 0 radical (unpaired) electrons. The molecule has 0 aromatic heterocycles. The minimum Gasteiger partial charge on any atom is -0.496 e. The molecule has 1 heterocycles. The topological polar surface area (TPSA) is 55.6 Å². The van der Waals surface area contributed by atoms with Gasteiger partial charge in [0.25, 0.3) is 5.91 Å². The predicted molar refractivity (Wildman–Crippen MR) is 95.1 cm³/mol. The van der Waals surface area contributed by atoms with E-state index in [1.54, 1.807) is 7.11 Å². The van der Waals surface area contributed by atoms with Crippen molar-refractivity contribution in [1.29, 1.82) is 0 Å². The van der Waals surface area contributed by atoms with E-state index in [0.29, 0.717) is 6.54 Å². The highest BCUT2D eigenvalue weighted by molar-refractivity contribution is 5.94. The molecule has 2 aromatic rings. The summed E-state index contributed by atoms with van der Waals surface area (Å²) >= 11 is 0. The van der Waals surface area contributed by atoms with Crippen LogP contribution in [0.5, 0.6) is 5.75 Å². The van der Waals surface area contributed by atoms with Gasteiger partial charge < -0.3 is 15.4 Å². The second-order valence-corrected chi connectivity index (χ2v) is 6.21. The van der Waals surface area contributed by atoms with Crippen molar-refractivity contribution in [2.75, 3.05) is 13.7 Å². The monoisotopic (exact) mass is 324 g/mol. The number of amides is 1. The molecule has 2 aromatic carbocycles. The number of benzene rings is 2. The van der Waals surface area contributed by atoms with E-state index in [2.05, 4.69) is 6.07 Å². The fourth-order valence-electron chi connectivity index (χ4n) is 3.39. The molecule has 1 unspecified atom stereocenters. The second kappa shape index (κ2) is 7.49. The van der Waals surface area contributed by atoms with Crippen molar-refractivity contribution in [1.82, 2.24) is 4.90 Å². The summed E-state index contributed by atoms with van der Waals surface area (Å²) in [5, 5.41) is 0. The van der Waals surface area contributed by atoms with Crippen molar-refractivity contribution in [3.8, 4) is 5.75 Å². The number of nitrogens with zero attached hydrogens (tertiary/aromatic N) is 1. The van der Waals surface area contributed by atoms with Gasteiger partial charge >= 0.3 is 0 Å². The average molecular weight is 324 g/mol. The summed E-state index contributed by atoms with van der Waals surface area (Å²) in [7, 11) is 1.69. The van der Waals surface area contributed by atoms with E-state index in [1.807, 2.05) is 47.4 Å². The minimum absolute atomic E-state index is 0.107. The molecule has 24 heavy (non-hydrogen) atoms. The summed E-state index contributed by atoms with van der Waals surface area (Å²) in [5.74, 6) is 1.00. The van der Waals surface area contributed by atoms with Crippen LogP contribution in [-0.2, 0) is 13.0 Å². The molecule has 1 atom stereocenters. The number of para-hydroxylation sites is 1. The molecule has 2 N–H and O–H groups in total. The molecule has 1 fully saturated rings. The van der Waals surface area contributed by atoms with Crippen molar-refractivity contribution in [2.45, 2.75) is 31.8 Å². The summed E-state index contributed by atoms with van der Waals surface area (Å²) in [6.07, 6.45) is 2.91. The fraction of sp³-hybridized carbons (Fsp3) is 0.350. The van der Waals surface area contributed by atoms with Gasteiger partial charge in [0.1, 0.15) is 5.75 Å². The molecule has 1 amide bonds. The Balaban J connectivity index is 1.75. The van der Waals surface area contributed by atoms with E-state index >= 15 is 0 Å². The second-order valence-electron chi connectivity index (χ2n) is 6.21. The maximum absolute atomic E-state index is 12.9. The molecule has 126 valence electrons. The van der Waals surface area contributed by atoms with Crippen LogP contribution in [0.15, 0.2) is 48.5 Å². The number of hydrogen-bond acceptors (Lipinski definition) is 3. The molecule has 0 bridgehead atoms. The van der Waals surface area contributed by atoms with Crippen LogP contribution in [0.1, 0.15) is 34.3 Å². The van der Waals surface area contributed by atoms with Crippen molar-refractivity contribution in [3.05, 3.63) is 65.2 Å². The molecule has 4 heteroatoms. The van der Waals surface area contributed by atoms with Gasteiger partial charge in [0.05, 0.1) is 7.11 Å². The van der Waals surface area contributed by atoms with Crippen LogP contribution in [0.2, 0.25) is 0 Å². The van der Waals surface area contributed by atoms with Gasteiger partial charge in [-0.05, 0) is 48.6 Å². The highest BCUT2D eigenvalue weighted by Gasteiger charge is 2.30.